The molecule has 0 radical (unpaired) electrons. The highest BCUT2D eigenvalue weighted by atomic mass is 35.5. The summed E-state index contributed by atoms with van der Waals surface area (Å²) in [7, 11) is 0. The zero-order valence-electron chi connectivity index (χ0n) is 11.5. The van der Waals surface area contributed by atoms with Crippen LogP contribution in [0.15, 0.2) is 6.07 Å². The molecular formula is C13H21ClN4O. The van der Waals surface area contributed by atoms with Crippen molar-refractivity contribution in [3.05, 3.63) is 17.0 Å². The minimum atomic E-state index is 0.201. The van der Waals surface area contributed by atoms with Crippen molar-refractivity contribution in [1.82, 2.24) is 14.9 Å². The lowest BCUT2D eigenvalue weighted by Crippen LogP contribution is -2.45. The Hall–Kier alpha value is -0.910. The number of hydrogen-bond acceptors (Lipinski definition) is 5. The summed E-state index contributed by atoms with van der Waals surface area (Å²) in [5.74, 6) is 1.53. The fraction of sp³-hybridized carbons (Fsp3) is 0.692. The van der Waals surface area contributed by atoms with Crippen molar-refractivity contribution in [3.8, 4) is 0 Å². The maximum absolute atomic E-state index is 5.97. The van der Waals surface area contributed by atoms with Crippen molar-refractivity contribution in [2.45, 2.75) is 26.4 Å². The average molecular weight is 285 g/mol. The van der Waals surface area contributed by atoms with E-state index in [9.17, 15) is 0 Å². The van der Waals surface area contributed by atoms with Gasteiger partial charge in [-0.15, -0.1) is 0 Å². The molecule has 1 atom stereocenters. The van der Waals surface area contributed by atoms with Gasteiger partial charge in [0.1, 0.15) is 16.8 Å². The van der Waals surface area contributed by atoms with E-state index in [4.69, 9.17) is 16.3 Å². The lowest BCUT2D eigenvalue weighted by atomic mass is 10.2. The molecule has 106 valence electrons. The summed E-state index contributed by atoms with van der Waals surface area (Å²) in [4.78, 5) is 10.9. The molecule has 1 N–H and O–H groups in total. The molecule has 1 aromatic rings. The molecule has 6 heteroatoms. The van der Waals surface area contributed by atoms with Gasteiger partial charge in [0.15, 0.2) is 0 Å². The predicted molar refractivity (Wildman–Crippen MR) is 76.8 cm³/mol. The first-order valence-electron chi connectivity index (χ1n) is 6.82. The van der Waals surface area contributed by atoms with Crippen molar-refractivity contribution in [1.29, 1.82) is 0 Å². The molecule has 0 saturated carbocycles. The fourth-order valence-corrected chi connectivity index (χ4v) is 2.32. The standard InChI is InChI=1S/C13H21ClN4O/c1-3-12-16-11(14)7-13(17-12)15-8-10-9-18(4-2)5-6-19-10/h7,10H,3-6,8-9H2,1-2H3,(H,15,16,17). The maximum atomic E-state index is 5.97. The van der Waals surface area contributed by atoms with Gasteiger partial charge in [0.25, 0.3) is 0 Å². The monoisotopic (exact) mass is 284 g/mol. The van der Waals surface area contributed by atoms with E-state index in [1.54, 1.807) is 6.07 Å². The van der Waals surface area contributed by atoms with E-state index in [1.165, 1.54) is 0 Å². The Balaban J connectivity index is 1.89. The van der Waals surface area contributed by atoms with E-state index in [1.807, 2.05) is 6.92 Å². The van der Waals surface area contributed by atoms with Gasteiger partial charge in [0, 0.05) is 32.1 Å². The number of morpholine rings is 1. The molecule has 0 bridgehead atoms. The number of halogens is 1. The lowest BCUT2D eigenvalue weighted by molar-refractivity contribution is -0.0192. The summed E-state index contributed by atoms with van der Waals surface area (Å²) in [6.07, 6.45) is 0.978. The smallest absolute Gasteiger partial charge is 0.134 e. The zero-order chi connectivity index (χ0) is 13.7. The quantitative estimate of drug-likeness (QED) is 0.836. The Morgan fingerprint density at radius 1 is 1.47 bits per heavy atom. The van der Waals surface area contributed by atoms with Crippen LogP contribution in [-0.4, -0.2) is 53.8 Å². The van der Waals surface area contributed by atoms with Crippen LogP contribution in [0.1, 0.15) is 19.7 Å². The van der Waals surface area contributed by atoms with E-state index in [-0.39, 0.29) is 6.10 Å². The second-order valence-electron chi connectivity index (χ2n) is 4.61. The van der Waals surface area contributed by atoms with Crippen LogP contribution in [0.4, 0.5) is 5.82 Å². The van der Waals surface area contributed by atoms with Gasteiger partial charge in [0.05, 0.1) is 12.7 Å². The maximum Gasteiger partial charge on any atom is 0.134 e. The molecule has 0 amide bonds. The number of nitrogens with zero attached hydrogens (tertiary/aromatic N) is 3. The van der Waals surface area contributed by atoms with Gasteiger partial charge in [-0.25, -0.2) is 9.97 Å². The van der Waals surface area contributed by atoms with Crippen LogP contribution in [0.3, 0.4) is 0 Å². The zero-order valence-corrected chi connectivity index (χ0v) is 12.3. The molecule has 5 nitrogen and oxygen atoms in total. The number of rotatable bonds is 5. The Kier molecular flexibility index (Phi) is 5.36. The SMILES string of the molecule is CCc1nc(Cl)cc(NCC2CN(CC)CCO2)n1. The first-order valence-corrected chi connectivity index (χ1v) is 7.20. The number of aryl methyl sites for hydroxylation is 1. The van der Waals surface area contributed by atoms with Crippen LogP contribution in [0.25, 0.3) is 0 Å². The summed E-state index contributed by atoms with van der Waals surface area (Å²) in [5, 5.41) is 3.77. The third kappa shape index (κ3) is 4.30. The van der Waals surface area contributed by atoms with E-state index in [0.29, 0.717) is 5.15 Å². The topological polar surface area (TPSA) is 50.3 Å². The predicted octanol–water partition coefficient (Wildman–Crippen LogP) is 1.82. The van der Waals surface area contributed by atoms with Crippen LogP contribution < -0.4 is 5.32 Å². The summed E-state index contributed by atoms with van der Waals surface area (Å²) in [6, 6.07) is 1.75. The summed E-state index contributed by atoms with van der Waals surface area (Å²) < 4.78 is 5.74. The molecular weight excluding hydrogens is 264 g/mol. The average Bonchev–Trinajstić information content (AvgIpc) is 2.44. The Morgan fingerprint density at radius 3 is 3.05 bits per heavy atom. The Morgan fingerprint density at radius 2 is 2.32 bits per heavy atom. The Labute approximate surface area is 119 Å². The minimum absolute atomic E-state index is 0.201. The Bertz CT molecular complexity index is 416. The second kappa shape index (κ2) is 7.03. The third-order valence-corrected chi connectivity index (χ3v) is 3.43. The first-order chi connectivity index (χ1) is 9.21. The minimum Gasteiger partial charge on any atom is -0.374 e. The largest absolute Gasteiger partial charge is 0.374 e. The van der Waals surface area contributed by atoms with Crippen LogP contribution in [0, 0.1) is 0 Å². The fourth-order valence-electron chi connectivity index (χ4n) is 2.12. The van der Waals surface area contributed by atoms with Crippen molar-refractivity contribution in [3.63, 3.8) is 0 Å². The molecule has 1 saturated heterocycles. The van der Waals surface area contributed by atoms with Crippen LogP contribution in [-0.2, 0) is 11.2 Å². The van der Waals surface area contributed by atoms with Gasteiger partial charge in [0.2, 0.25) is 0 Å². The first kappa shape index (κ1) is 14.5. The van der Waals surface area contributed by atoms with Crippen LogP contribution in [0.5, 0.6) is 0 Å². The highest BCUT2D eigenvalue weighted by Gasteiger charge is 2.19. The van der Waals surface area contributed by atoms with Gasteiger partial charge in [-0.05, 0) is 6.54 Å². The van der Waals surface area contributed by atoms with E-state index in [0.717, 1.165) is 50.8 Å². The van der Waals surface area contributed by atoms with E-state index < -0.39 is 0 Å². The van der Waals surface area contributed by atoms with E-state index >= 15 is 0 Å². The van der Waals surface area contributed by atoms with Crippen LogP contribution in [0.2, 0.25) is 5.15 Å². The normalized spacial score (nSPS) is 20.5. The number of aromatic nitrogens is 2. The second-order valence-corrected chi connectivity index (χ2v) is 5.00. The number of ether oxygens (including phenoxy) is 1. The molecule has 1 aromatic heterocycles. The molecule has 2 rings (SSSR count). The highest BCUT2D eigenvalue weighted by Crippen LogP contribution is 2.13. The van der Waals surface area contributed by atoms with Crippen LogP contribution >= 0.6 is 11.6 Å². The van der Waals surface area contributed by atoms with Gasteiger partial charge >= 0.3 is 0 Å². The van der Waals surface area contributed by atoms with E-state index in [2.05, 4.69) is 27.1 Å². The third-order valence-electron chi connectivity index (χ3n) is 3.24. The number of anilines is 1. The van der Waals surface area contributed by atoms with Crippen molar-refractivity contribution >= 4 is 17.4 Å². The number of likely N-dealkylation sites (N-methyl/N-ethyl adjacent to an activating group) is 1. The summed E-state index contributed by atoms with van der Waals surface area (Å²) >= 11 is 5.97. The van der Waals surface area contributed by atoms with Gasteiger partial charge in [-0.1, -0.05) is 25.4 Å². The summed E-state index contributed by atoms with van der Waals surface area (Å²) in [6.45, 7) is 8.78. The van der Waals surface area contributed by atoms with Crippen molar-refractivity contribution in [2.75, 3.05) is 38.1 Å². The lowest BCUT2D eigenvalue weighted by Gasteiger charge is -2.32. The molecule has 1 unspecified atom stereocenters. The molecule has 1 aliphatic rings. The molecule has 1 aliphatic heterocycles. The molecule has 19 heavy (non-hydrogen) atoms. The van der Waals surface area contributed by atoms with Crippen molar-refractivity contribution < 1.29 is 4.74 Å². The molecule has 0 spiro atoms. The number of hydrogen-bond donors (Lipinski definition) is 1. The summed E-state index contributed by atoms with van der Waals surface area (Å²) in [5.41, 5.74) is 0. The van der Waals surface area contributed by atoms with Crippen molar-refractivity contribution in [2.24, 2.45) is 0 Å². The molecule has 0 aliphatic carbocycles. The van der Waals surface area contributed by atoms with Gasteiger partial charge in [-0.3, -0.25) is 4.90 Å². The number of nitrogens with one attached hydrogen (secondary N) is 1. The van der Waals surface area contributed by atoms with Gasteiger partial charge in [-0.2, -0.15) is 0 Å². The molecule has 2 heterocycles. The highest BCUT2D eigenvalue weighted by molar-refractivity contribution is 6.29. The van der Waals surface area contributed by atoms with Gasteiger partial charge < -0.3 is 10.1 Å². The molecule has 0 aromatic carbocycles. The molecule has 1 fully saturated rings.